The van der Waals surface area contributed by atoms with E-state index >= 15 is 0 Å². The Bertz CT molecular complexity index is 624. The average molecular weight is 290 g/mol. The third-order valence-electron chi connectivity index (χ3n) is 2.96. The van der Waals surface area contributed by atoms with Gasteiger partial charge in [0.25, 0.3) is 0 Å². The Kier molecular flexibility index (Phi) is 4.76. The van der Waals surface area contributed by atoms with Crippen molar-refractivity contribution in [2.24, 2.45) is 7.05 Å². The highest BCUT2D eigenvalue weighted by Gasteiger charge is 2.08. The lowest BCUT2D eigenvalue weighted by atomic mass is 10.1. The van der Waals surface area contributed by atoms with Crippen LogP contribution in [0.15, 0.2) is 24.4 Å². The van der Waals surface area contributed by atoms with E-state index in [1.807, 2.05) is 18.2 Å². The number of carbonyl (C=O) groups excluding carboxylic acids is 1. The molecular weight excluding hydrogens is 272 g/mol. The van der Waals surface area contributed by atoms with Crippen molar-refractivity contribution < 1.29 is 14.3 Å². The van der Waals surface area contributed by atoms with Gasteiger partial charge in [0.2, 0.25) is 5.91 Å². The van der Waals surface area contributed by atoms with Crippen molar-refractivity contribution in [1.82, 2.24) is 15.0 Å². The highest BCUT2D eigenvalue weighted by atomic mass is 16.5. The highest BCUT2D eigenvalue weighted by molar-refractivity contribution is 5.89. The van der Waals surface area contributed by atoms with Gasteiger partial charge in [0.15, 0.2) is 17.3 Å². The van der Waals surface area contributed by atoms with Gasteiger partial charge in [0, 0.05) is 13.5 Å². The van der Waals surface area contributed by atoms with E-state index in [1.54, 1.807) is 21.3 Å². The lowest BCUT2D eigenvalue weighted by Gasteiger charge is -2.09. The lowest BCUT2D eigenvalue weighted by Crippen LogP contribution is -2.13. The molecule has 1 aromatic carbocycles. The summed E-state index contributed by atoms with van der Waals surface area (Å²) in [5.41, 5.74) is 1.00. The van der Waals surface area contributed by atoms with Crippen molar-refractivity contribution >= 4 is 11.7 Å². The predicted molar refractivity (Wildman–Crippen MR) is 77.5 cm³/mol. The number of aromatic nitrogens is 3. The van der Waals surface area contributed by atoms with Crippen molar-refractivity contribution in [1.29, 1.82) is 0 Å². The van der Waals surface area contributed by atoms with E-state index in [0.717, 1.165) is 5.56 Å². The zero-order valence-corrected chi connectivity index (χ0v) is 12.3. The third kappa shape index (κ3) is 3.95. The van der Waals surface area contributed by atoms with Crippen molar-refractivity contribution in [3.63, 3.8) is 0 Å². The van der Waals surface area contributed by atoms with Gasteiger partial charge < -0.3 is 14.8 Å². The van der Waals surface area contributed by atoms with Crippen LogP contribution in [0.1, 0.15) is 12.0 Å². The second-order valence-corrected chi connectivity index (χ2v) is 4.46. The van der Waals surface area contributed by atoms with Crippen LogP contribution < -0.4 is 14.8 Å². The third-order valence-corrected chi connectivity index (χ3v) is 2.96. The van der Waals surface area contributed by atoms with Gasteiger partial charge in [-0.2, -0.15) is 9.90 Å². The van der Waals surface area contributed by atoms with Crippen molar-refractivity contribution in [2.75, 3.05) is 19.5 Å². The maximum absolute atomic E-state index is 11.8. The predicted octanol–water partition coefficient (Wildman–Crippen LogP) is 1.40. The Morgan fingerprint density at radius 2 is 2.05 bits per heavy atom. The zero-order valence-electron chi connectivity index (χ0n) is 12.3. The number of hydrogen-bond donors (Lipinski definition) is 1. The molecule has 21 heavy (non-hydrogen) atoms. The molecule has 7 nitrogen and oxygen atoms in total. The van der Waals surface area contributed by atoms with Crippen molar-refractivity contribution in [2.45, 2.75) is 12.8 Å². The summed E-state index contributed by atoms with van der Waals surface area (Å²) in [5.74, 6) is 1.68. The number of carbonyl (C=O) groups is 1. The fourth-order valence-corrected chi connectivity index (χ4v) is 1.90. The van der Waals surface area contributed by atoms with E-state index in [2.05, 4.69) is 15.5 Å². The minimum atomic E-state index is -0.106. The highest BCUT2D eigenvalue weighted by Crippen LogP contribution is 2.27. The van der Waals surface area contributed by atoms with Gasteiger partial charge in [-0.25, -0.2) is 0 Å². The molecule has 0 spiro atoms. The molecule has 0 saturated heterocycles. The topological polar surface area (TPSA) is 78.3 Å². The van der Waals surface area contributed by atoms with Crippen LogP contribution in [0.4, 0.5) is 5.82 Å². The lowest BCUT2D eigenvalue weighted by molar-refractivity contribution is -0.116. The summed E-state index contributed by atoms with van der Waals surface area (Å²) in [6, 6.07) is 5.61. The maximum atomic E-state index is 11.8. The van der Waals surface area contributed by atoms with Gasteiger partial charge in [0.05, 0.1) is 20.4 Å². The molecule has 1 heterocycles. The van der Waals surface area contributed by atoms with Crippen molar-refractivity contribution in [3.05, 3.63) is 30.0 Å². The monoisotopic (exact) mass is 290 g/mol. The first-order chi connectivity index (χ1) is 10.1. The Hall–Kier alpha value is -2.57. The second-order valence-electron chi connectivity index (χ2n) is 4.46. The summed E-state index contributed by atoms with van der Waals surface area (Å²) in [7, 11) is 4.87. The molecule has 0 bridgehead atoms. The molecule has 0 atom stereocenters. The molecule has 7 heteroatoms. The van der Waals surface area contributed by atoms with Gasteiger partial charge in [-0.3, -0.25) is 4.79 Å². The molecule has 0 aliphatic heterocycles. The number of ether oxygens (including phenoxy) is 2. The van der Waals surface area contributed by atoms with Crippen LogP contribution >= 0.6 is 0 Å². The molecule has 0 saturated carbocycles. The van der Waals surface area contributed by atoms with Gasteiger partial charge >= 0.3 is 0 Å². The average Bonchev–Trinajstić information content (AvgIpc) is 2.89. The number of rotatable bonds is 6. The first-order valence-electron chi connectivity index (χ1n) is 6.49. The molecule has 1 aromatic heterocycles. The molecule has 0 unspecified atom stereocenters. The smallest absolute Gasteiger partial charge is 0.225 e. The Labute approximate surface area is 122 Å². The molecule has 2 rings (SSSR count). The molecule has 0 aliphatic rings. The first kappa shape index (κ1) is 14.8. The van der Waals surface area contributed by atoms with Gasteiger partial charge in [0.1, 0.15) is 0 Å². The van der Waals surface area contributed by atoms with Gasteiger partial charge in [-0.1, -0.05) is 6.07 Å². The minimum Gasteiger partial charge on any atom is -0.493 e. The number of aryl methyl sites for hydroxylation is 2. The first-order valence-corrected chi connectivity index (χ1v) is 6.49. The van der Waals surface area contributed by atoms with Crippen LogP contribution in [0.3, 0.4) is 0 Å². The summed E-state index contributed by atoms with van der Waals surface area (Å²) in [4.78, 5) is 13.2. The molecule has 0 radical (unpaired) electrons. The van der Waals surface area contributed by atoms with Crippen LogP contribution in [0.25, 0.3) is 0 Å². The van der Waals surface area contributed by atoms with Crippen LogP contribution in [0.5, 0.6) is 11.5 Å². The largest absolute Gasteiger partial charge is 0.493 e. The van der Waals surface area contributed by atoms with E-state index in [9.17, 15) is 4.79 Å². The van der Waals surface area contributed by atoms with Gasteiger partial charge in [-0.15, -0.1) is 5.10 Å². The number of hydrogen-bond acceptors (Lipinski definition) is 5. The fourth-order valence-electron chi connectivity index (χ4n) is 1.90. The quantitative estimate of drug-likeness (QED) is 0.870. The van der Waals surface area contributed by atoms with Gasteiger partial charge in [-0.05, 0) is 24.1 Å². The second kappa shape index (κ2) is 6.74. The number of methoxy groups -OCH3 is 2. The number of benzene rings is 1. The molecular formula is C14H18N4O3. The molecule has 1 N–H and O–H groups in total. The fraction of sp³-hybridized carbons (Fsp3) is 0.357. The zero-order chi connectivity index (χ0) is 15.2. The summed E-state index contributed by atoms with van der Waals surface area (Å²) in [6.07, 6.45) is 2.47. The summed E-state index contributed by atoms with van der Waals surface area (Å²) in [5, 5.41) is 10.6. The van der Waals surface area contributed by atoms with Crippen LogP contribution in [-0.4, -0.2) is 35.1 Å². The Morgan fingerprint density at radius 1 is 1.29 bits per heavy atom. The molecule has 112 valence electrons. The Balaban J connectivity index is 1.91. The molecule has 0 aliphatic carbocycles. The molecule has 2 aromatic rings. The van der Waals surface area contributed by atoms with Crippen molar-refractivity contribution in [3.8, 4) is 11.5 Å². The number of nitrogens with one attached hydrogen (secondary N) is 1. The summed E-state index contributed by atoms with van der Waals surface area (Å²) in [6.45, 7) is 0. The van der Waals surface area contributed by atoms with Crippen LogP contribution in [-0.2, 0) is 18.3 Å². The molecule has 1 amide bonds. The number of anilines is 1. The van der Waals surface area contributed by atoms with E-state index in [4.69, 9.17) is 9.47 Å². The normalized spacial score (nSPS) is 10.2. The maximum Gasteiger partial charge on any atom is 0.225 e. The molecule has 0 fully saturated rings. The summed E-state index contributed by atoms with van der Waals surface area (Å²) < 4.78 is 10.4. The SMILES string of the molecule is COc1ccc(CCC(=O)Nc2cnn(C)n2)cc1OC. The van der Waals surface area contributed by atoms with E-state index in [-0.39, 0.29) is 5.91 Å². The van der Waals surface area contributed by atoms with Crippen LogP contribution in [0, 0.1) is 0 Å². The standard InChI is InChI=1S/C14H18N4O3/c1-18-15-9-13(17-18)16-14(19)7-5-10-4-6-11(20-2)12(8-10)21-3/h4,6,8-9H,5,7H2,1-3H3,(H,16,17,19). The van der Waals surface area contributed by atoms with E-state index in [0.29, 0.717) is 30.2 Å². The van der Waals surface area contributed by atoms with Crippen LogP contribution in [0.2, 0.25) is 0 Å². The number of nitrogens with zero attached hydrogens (tertiary/aromatic N) is 3. The van der Waals surface area contributed by atoms with E-state index in [1.165, 1.54) is 11.0 Å². The minimum absolute atomic E-state index is 0.106. The Morgan fingerprint density at radius 3 is 2.67 bits per heavy atom. The van der Waals surface area contributed by atoms with E-state index < -0.39 is 0 Å². The summed E-state index contributed by atoms with van der Waals surface area (Å²) >= 11 is 0. The number of amides is 1.